The van der Waals surface area contributed by atoms with Gasteiger partial charge in [-0.1, -0.05) is 19.1 Å². The van der Waals surface area contributed by atoms with Gasteiger partial charge in [-0.05, 0) is 23.1 Å². The molecule has 1 aromatic rings. The minimum Gasteiger partial charge on any atom is -0.326 e. The van der Waals surface area contributed by atoms with E-state index in [1.54, 1.807) is 0 Å². The Bertz CT molecular complexity index is 296. The van der Waals surface area contributed by atoms with E-state index in [1.165, 1.54) is 21.8 Å². The molecule has 1 unspecified atom stereocenters. The van der Waals surface area contributed by atoms with Crippen molar-refractivity contribution in [3.63, 3.8) is 0 Å². The molecule has 1 aromatic carbocycles. The zero-order valence-electron chi connectivity index (χ0n) is 7.21. The molecule has 2 heteroatoms. The van der Waals surface area contributed by atoms with Crippen molar-refractivity contribution >= 4 is 11.8 Å². The standard InChI is InChI=1S/C10H13NS/c1-7-6-12-10-3-2-8(5-11)4-9(7)10/h2-4,7H,5-6,11H2,1H3. The van der Waals surface area contributed by atoms with Crippen LogP contribution in [-0.2, 0) is 6.54 Å². The summed E-state index contributed by atoms with van der Waals surface area (Å²) in [6, 6.07) is 6.58. The first-order chi connectivity index (χ1) is 5.81. The Morgan fingerprint density at radius 1 is 1.58 bits per heavy atom. The normalized spacial score (nSPS) is 21.0. The fourth-order valence-corrected chi connectivity index (χ4v) is 2.75. The van der Waals surface area contributed by atoms with Gasteiger partial charge in [-0.2, -0.15) is 0 Å². The van der Waals surface area contributed by atoms with Crippen molar-refractivity contribution in [2.45, 2.75) is 24.3 Å². The Hall–Kier alpha value is -0.470. The van der Waals surface area contributed by atoms with Crippen molar-refractivity contribution in [3.8, 4) is 0 Å². The van der Waals surface area contributed by atoms with Crippen molar-refractivity contribution in [1.82, 2.24) is 0 Å². The molecule has 1 heterocycles. The van der Waals surface area contributed by atoms with E-state index in [0.717, 1.165) is 0 Å². The fourth-order valence-electron chi connectivity index (χ4n) is 1.55. The van der Waals surface area contributed by atoms with Crippen LogP contribution in [0.5, 0.6) is 0 Å². The largest absolute Gasteiger partial charge is 0.326 e. The molecule has 2 N–H and O–H groups in total. The summed E-state index contributed by atoms with van der Waals surface area (Å²) >= 11 is 1.95. The lowest BCUT2D eigenvalue weighted by atomic mass is 10.0. The highest BCUT2D eigenvalue weighted by atomic mass is 32.2. The van der Waals surface area contributed by atoms with Gasteiger partial charge in [0.05, 0.1) is 0 Å². The molecule has 12 heavy (non-hydrogen) atoms. The highest BCUT2D eigenvalue weighted by molar-refractivity contribution is 7.99. The van der Waals surface area contributed by atoms with Crippen LogP contribution in [-0.4, -0.2) is 5.75 Å². The molecule has 0 aliphatic carbocycles. The number of fused-ring (bicyclic) bond motifs is 1. The van der Waals surface area contributed by atoms with Gasteiger partial charge in [0.2, 0.25) is 0 Å². The zero-order chi connectivity index (χ0) is 8.55. The van der Waals surface area contributed by atoms with Gasteiger partial charge in [0, 0.05) is 17.2 Å². The van der Waals surface area contributed by atoms with Gasteiger partial charge in [0.15, 0.2) is 0 Å². The van der Waals surface area contributed by atoms with Gasteiger partial charge in [-0.3, -0.25) is 0 Å². The molecule has 1 atom stereocenters. The maximum atomic E-state index is 5.58. The van der Waals surface area contributed by atoms with Crippen LogP contribution in [0.2, 0.25) is 0 Å². The monoisotopic (exact) mass is 179 g/mol. The first-order valence-electron chi connectivity index (χ1n) is 4.27. The van der Waals surface area contributed by atoms with Gasteiger partial charge in [0.1, 0.15) is 0 Å². The summed E-state index contributed by atoms with van der Waals surface area (Å²) in [7, 11) is 0. The summed E-state index contributed by atoms with van der Waals surface area (Å²) in [4.78, 5) is 1.44. The minimum atomic E-state index is 0.657. The molecule has 0 saturated carbocycles. The number of hydrogen-bond acceptors (Lipinski definition) is 2. The molecule has 1 nitrogen and oxygen atoms in total. The van der Waals surface area contributed by atoms with Gasteiger partial charge in [-0.15, -0.1) is 11.8 Å². The highest BCUT2D eigenvalue weighted by Crippen LogP contribution is 2.39. The van der Waals surface area contributed by atoms with Crippen LogP contribution in [0.15, 0.2) is 23.1 Å². The van der Waals surface area contributed by atoms with Crippen molar-refractivity contribution in [2.24, 2.45) is 5.73 Å². The van der Waals surface area contributed by atoms with Gasteiger partial charge < -0.3 is 5.73 Å². The smallest absolute Gasteiger partial charge is 0.0178 e. The van der Waals surface area contributed by atoms with E-state index in [0.29, 0.717) is 12.5 Å². The maximum Gasteiger partial charge on any atom is 0.0178 e. The average molecular weight is 179 g/mol. The third-order valence-corrected chi connectivity index (χ3v) is 3.68. The van der Waals surface area contributed by atoms with E-state index in [9.17, 15) is 0 Å². The van der Waals surface area contributed by atoms with Crippen molar-refractivity contribution < 1.29 is 0 Å². The van der Waals surface area contributed by atoms with Crippen LogP contribution in [0.4, 0.5) is 0 Å². The molecule has 64 valence electrons. The van der Waals surface area contributed by atoms with Gasteiger partial charge in [0.25, 0.3) is 0 Å². The van der Waals surface area contributed by atoms with Crippen LogP contribution in [0, 0.1) is 0 Å². The predicted molar refractivity (Wildman–Crippen MR) is 53.5 cm³/mol. The minimum absolute atomic E-state index is 0.657. The van der Waals surface area contributed by atoms with Crippen LogP contribution in [0.25, 0.3) is 0 Å². The summed E-state index contributed by atoms with van der Waals surface area (Å²) < 4.78 is 0. The second-order valence-electron chi connectivity index (χ2n) is 3.29. The summed E-state index contributed by atoms with van der Waals surface area (Å²) in [5.74, 6) is 1.93. The van der Waals surface area contributed by atoms with E-state index in [1.807, 2.05) is 11.8 Å². The molecule has 0 aromatic heterocycles. The lowest BCUT2D eigenvalue weighted by molar-refractivity contribution is 0.875. The summed E-state index contributed by atoms with van der Waals surface area (Å²) in [6.07, 6.45) is 0. The third kappa shape index (κ3) is 1.25. The van der Waals surface area contributed by atoms with Crippen LogP contribution < -0.4 is 5.73 Å². The SMILES string of the molecule is CC1CSc2ccc(CN)cc21. The van der Waals surface area contributed by atoms with Crippen LogP contribution >= 0.6 is 11.8 Å². The lowest BCUT2D eigenvalue weighted by Crippen LogP contribution is -1.98. The number of thioether (sulfide) groups is 1. The second kappa shape index (κ2) is 3.11. The van der Waals surface area contributed by atoms with Gasteiger partial charge >= 0.3 is 0 Å². The molecular weight excluding hydrogens is 166 g/mol. The molecule has 0 bridgehead atoms. The predicted octanol–water partition coefficient (Wildman–Crippen LogP) is 2.35. The lowest BCUT2D eigenvalue weighted by Gasteiger charge is -2.04. The first-order valence-corrected chi connectivity index (χ1v) is 5.25. The maximum absolute atomic E-state index is 5.58. The molecule has 0 radical (unpaired) electrons. The Balaban J connectivity index is 2.43. The number of benzene rings is 1. The molecule has 1 aliphatic rings. The molecule has 0 spiro atoms. The number of rotatable bonds is 1. The average Bonchev–Trinajstić information content (AvgIpc) is 2.47. The van der Waals surface area contributed by atoms with Crippen molar-refractivity contribution in [2.75, 3.05) is 5.75 Å². The molecule has 0 amide bonds. The zero-order valence-corrected chi connectivity index (χ0v) is 8.03. The van der Waals surface area contributed by atoms with E-state index in [-0.39, 0.29) is 0 Å². The fraction of sp³-hybridized carbons (Fsp3) is 0.400. The quantitative estimate of drug-likeness (QED) is 0.716. The van der Waals surface area contributed by atoms with Crippen LogP contribution in [0.3, 0.4) is 0 Å². The topological polar surface area (TPSA) is 26.0 Å². The van der Waals surface area contributed by atoms with Crippen molar-refractivity contribution in [3.05, 3.63) is 29.3 Å². The Morgan fingerprint density at radius 2 is 2.42 bits per heavy atom. The second-order valence-corrected chi connectivity index (χ2v) is 4.35. The van der Waals surface area contributed by atoms with E-state index >= 15 is 0 Å². The Kier molecular flexibility index (Phi) is 2.11. The summed E-state index contributed by atoms with van der Waals surface area (Å²) in [5, 5.41) is 0. The van der Waals surface area contributed by atoms with E-state index in [2.05, 4.69) is 25.1 Å². The van der Waals surface area contributed by atoms with E-state index in [4.69, 9.17) is 5.73 Å². The molecule has 0 saturated heterocycles. The summed E-state index contributed by atoms with van der Waals surface area (Å²) in [6.45, 7) is 2.93. The molecular formula is C10H13NS. The number of hydrogen-bond donors (Lipinski definition) is 1. The Morgan fingerprint density at radius 3 is 3.17 bits per heavy atom. The van der Waals surface area contributed by atoms with Crippen molar-refractivity contribution in [1.29, 1.82) is 0 Å². The van der Waals surface area contributed by atoms with E-state index < -0.39 is 0 Å². The van der Waals surface area contributed by atoms with Gasteiger partial charge in [-0.25, -0.2) is 0 Å². The highest BCUT2D eigenvalue weighted by Gasteiger charge is 2.18. The summed E-state index contributed by atoms with van der Waals surface area (Å²) in [5.41, 5.74) is 8.32. The van der Waals surface area contributed by atoms with Crippen LogP contribution in [0.1, 0.15) is 24.0 Å². The molecule has 1 aliphatic heterocycles. The molecule has 2 rings (SSSR count). The third-order valence-electron chi connectivity index (χ3n) is 2.33. The number of nitrogens with two attached hydrogens (primary N) is 1. The Labute approximate surface area is 77.3 Å². The first kappa shape index (κ1) is 8.14. The molecule has 0 fully saturated rings.